The third-order valence-corrected chi connectivity index (χ3v) is 5.49. The van der Waals surface area contributed by atoms with Gasteiger partial charge in [-0.2, -0.15) is 4.31 Å². The van der Waals surface area contributed by atoms with Gasteiger partial charge in [0, 0.05) is 32.1 Å². The minimum Gasteiger partial charge on any atom is -0.384 e. The van der Waals surface area contributed by atoms with Gasteiger partial charge in [0.25, 0.3) is 5.91 Å². The summed E-state index contributed by atoms with van der Waals surface area (Å²) in [5, 5.41) is 3.84. The van der Waals surface area contributed by atoms with Gasteiger partial charge < -0.3 is 15.5 Å². The minimum absolute atomic E-state index is 0.160. The number of hydrogen-bond acceptors (Lipinski definition) is 5. The zero-order valence-corrected chi connectivity index (χ0v) is 13.7. The highest BCUT2D eigenvalue weighted by Gasteiger charge is 2.26. The van der Waals surface area contributed by atoms with Crippen LogP contribution in [0.3, 0.4) is 0 Å². The van der Waals surface area contributed by atoms with Crippen molar-refractivity contribution in [2.75, 3.05) is 39.0 Å². The molecule has 0 aromatic heterocycles. The summed E-state index contributed by atoms with van der Waals surface area (Å²) < 4.78 is 24.2. The van der Waals surface area contributed by atoms with Crippen molar-refractivity contribution in [3.05, 3.63) is 0 Å². The van der Waals surface area contributed by atoms with E-state index in [-0.39, 0.29) is 18.4 Å². The summed E-state index contributed by atoms with van der Waals surface area (Å²) in [6.07, 6.45) is 5.54. The van der Waals surface area contributed by atoms with Gasteiger partial charge in [-0.3, -0.25) is 4.79 Å². The number of amidine groups is 1. The molecular formula is C13H24N4O4S. The van der Waals surface area contributed by atoms with E-state index in [0.29, 0.717) is 32.0 Å². The fourth-order valence-electron chi connectivity index (χ4n) is 2.82. The van der Waals surface area contributed by atoms with Crippen molar-refractivity contribution in [3.8, 4) is 0 Å². The SMILES string of the molecule is CS(=O)(=O)N1CCN(C(=O)CO/N=C(/N)C2CCCC2)CC1. The molecule has 0 spiro atoms. The zero-order valence-electron chi connectivity index (χ0n) is 12.9. The van der Waals surface area contributed by atoms with Crippen molar-refractivity contribution in [3.63, 3.8) is 0 Å². The molecule has 0 atom stereocenters. The number of nitrogens with two attached hydrogens (primary N) is 1. The van der Waals surface area contributed by atoms with Crippen LogP contribution in [0, 0.1) is 5.92 Å². The molecule has 0 radical (unpaired) electrons. The van der Waals surface area contributed by atoms with E-state index in [1.165, 1.54) is 10.6 Å². The highest BCUT2D eigenvalue weighted by Crippen LogP contribution is 2.24. The van der Waals surface area contributed by atoms with Crippen LogP contribution >= 0.6 is 0 Å². The topological polar surface area (TPSA) is 105 Å². The third-order valence-electron chi connectivity index (χ3n) is 4.19. The van der Waals surface area contributed by atoms with E-state index in [9.17, 15) is 13.2 Å². The minimum atomic E-state index is -3.19. The monoisotopic (exact) mass is 332 g/mol. The molecule has 0 aromatic carbocycles. The van der Waals surface area contributed by atoms with E-state index in [2.05, 4.69) is 5.16 Å². The van der Waals surface area contributed by atoms with Crippen LogP contribution in [-0.2, 0) is 19.7 Å². The Balaban J connectivity index is 1.73. The number of piperazine rings is 1. The highest BCUT2D eigenvalue weighted by molar-refractivity contribution is 7.88. The van der Waals surface area contributed by atoms with Gasteiger partial charge in [-0.05, 0) is 12.8 Å². The molecule has 1 aliphatic carbocycles. The molecule has 1 amide bonds. The number of rotatable bonds is 5. The Hall–Kier alpha value is -1.35. The summed E-state index contributed by atoms with van der Waals surface area (Å²) in [5.74, 6) is 0.539. The van der Waals surface area contributed by atoms with Crippen LogP contribution in [0.25, 0.3) is 0 Å². The first-order valence-corrected chi connectivity index (χ1v) is 9.41. The van der Waals surface area contributed by atoms with E-state index in [1.54, 1.807) is 4.90 Å². The average molecular weight is 332 g/mol. The Kier molecular flexibility index (Phi) is 5.63. The Morgan fingerprint density at radius 1 is 1.23 bits per heavy atom. The van der Waals surface area contributed by atoms with Crippen LogP contribution in [0.5, 0.6) is 0 Å². The van der Waals surface area contributed by atoms with Crippen LogP contribution in [-0.4, -0.2) is 68.4 Å². The van der Waals surface area contributed by atoms with Gasteiger partial charge >= 0.3 is 0 Å². The van der Waals surface area contributed by atoms with Crippen LogP contribution in [0.4, 0.5) is 0 Å². The van der Waals surface area contributed by atoms with E-state index in [4.69, 9.17) is 10.6 Å². The summed E-state index contributed by atoms with van der Waals surface area (Å²) in [6.45, 7) is 1.22. The van der Waals surface area contributed by atoms with Crippen LogP contribution in [0.1, 0.15) is 25.7 Å². The van der Waals surface area contributed by atoms with E-state index < -0.39 is 10.0 Å². The standard InChI is InChI=1S/C13H24N4O4S/c1-22(19,20)17-8-6-16(7-9-17)12(18)10-21-15-13(14)11-4-2-3-5-11/h11H,2-10H2,1H3,(H2,14,15). The van der Waals surface area contributed by atoms with E-state index in [0.717, 1.165) is 25.7 Å². The lowest BCUT2D eigenvalue weighted by Gasteiger charge is -2.32. The van der Waals surface area contributed by atoms with Crippen molar-refractivity contribution in [1.82, 2.24) is 9.21 Å². The molecule has 2 aliphatic rings. The van der Waals surface area contributed by atoms with Gasteiger partial charge in [0.1, 0.15) is 5.84 Å². The number of carbonyl (C=O) groups is 1. The predicted molar refractivity (Wildman–Crippen MR) is 82.5 cm³/mol. The second-order valence-corrected chi connectivity index (χ2v) is 7.80. The first-order valence-electron chi connectivity index (χ1n) is 7.56. The number of amides is 1. The maximum Gasteiger partial charge on any atom is 0.263 e. The lowest BCUT2D eigenvalue weighted by molar-refractivity contribution is -0.137. The molecule has 22 heavy (non-hydrogen) atoms. The number of sulfonamides is 1. The Bertz CT molecular complexity index is 520. The van der Waals surface area contributed by atoms with Crippen molar-refractivity contribution in [2.45, 2.75) is 25.7 Å². The second-order valence-electron chi connectivity index (χ2n) is 5.81. The Morgan fingerprint density at radius 2 is 1.82 bits per heavy atom. The van der Waals surface area contributed by atoms with Crippen molar-refractivity contribution < 1.29 is 18.0 Å². The average Bonchev–Trinajstić information content (AvgIpc) is 3.00. The third kappa shape index (κ3) is 4.57. The molecule has 0 aromatic rings. The molecule has 0 bridgehead atoms. The number of nitrogens with zero attached hydrogens (tertiary/aromatic N) is 3. The predicted octanol–water partition coefficient (Wildman–Crippen LogP) is -0.431. The molecule has 126 valence electrons. The lowest BCUT2D eigenvalue weighted by atomic mass is 10.1. The fraction of sp³-hybridized carbons (Fsp3) is 0.846. The van der Waals surface area contributed by atoms with E-state index in [1.807, 2.05) is 0 Å². The quantitative estimate of drug-likeness (QED) is 0.418. The van der Waals surface area contributed by atoms with Gasteiger partial charge in [-0.25, -0.2) is 8.42 Å². The maximum absolute atomic E-state index is 12.0. The Morgan fingerprint density at radius 3 is 2.36 bits per heavy atom. The molecule has 1 aliphatic heterocycles. The van der Waals surface area contributed by atoms with Crippen LogP contribution < -0.4 is 5.73 Å². The number of carbonyl (C=O) groups excluding carboxylic acids is 1. The van der Waals surface area contributed by atoms with Crippen molar-refractivity contribution in [2.24, 2.45) is 16.8 Å². The zero-order chi connectivity index (χ0) is 16.2. The molecule has 1 heterocycles. The molecule has 2 rings (SSSR count). The van der Waals surface area contributed by atoms with E-state index >= 15 is 0 Å². The largest absolute Gasteiger partial charge is 0.384 e. The Labute approximate surface area is 131 Å². The second kappa shape index (κ2) is 7.28. The fourth-order valence-corrected chi connectivity index (χ4v) is 3.65. The molecule has 1 saturated heterocycles. The molecule has 2 fully saturated rings. The number of oxime groups is 1. The molecule has 2 N–H and O–H groups in total. The molecular weight excluding hydrogens is 308 g/mol. The summed E-state index contributed by atoms with van der Waals surface area (Å²) in [6, 6.07) is 0. The highest BCUT2D eigenvalue weighted by atomic mass is 32.2. The van der Waals surface area contributed by atoms with Gasteiger partial charge in [0.15, 0.2) is 6.61 Å². The summed E-state index contributed by atoms with van der Waals surface area (Å²) in [7, 11) is -3.19. The van der Waals surface area contributed by atoms with Gasteiger partial charge in [-0.1, -0.05) is 18.0 Å². The van der Waals surface area contributed by atoms with Crippen LogP contribution in [0.15, 0.2) is 5.16 Å². The first kappa shape index (κ1) is 17.0. The number of hydrogen-bond donors (Lipinski definition) is 1. The smallest absolute Gasteiger partial charge is 0.263 e. The van der Waals surface area contributed by atoms with Gasteiger partial charge in [0.05, 0.1) is 6.26 Å². The first-order chi connectivity index (χ1) is 10.4. The maximum atomic E-state index is 12.0. The molecule has 0 unspecified atom stereocenters. The van der Waals surface area contributed by atoms with Crippen LogP contribution in [0.2, 0.25) is 0 Å². The van der Waals surface area contributed by atoms with Crippen molar-refractivity contribution in [1.29, 1.82) is 0 Å². The normalized spacial score (nSPS) is 22.0. The summed E-state index contributed by atoms with van der Waals surface area (Å²) in [4.78, 5) is 18.6. The van der Waals surface area contributed by atoms with Gasteiger partial charge in [-0.15, -0.1) is 0 Å². The summed E-state index contributed by atoms with van der Waals surface area (Å²) >= 11 is 0. The summed E-state index contributed by atoms with van der Waals surface area (Å²) in [5.41, 5.74) is 5.84. The molecule has 8 nitrogen and oxygen atoms in total. The molecule has 1 saturated carbocycles. The van der Waals surface area contributed by atoms with Gasteiger partial charge in [0.2, 0.25) is 10.0 Å². The lowest BCUT2D eigenvalue weighted by Crippen LogP contribution is -2.51. The molecule has 9 heteroatoms. The van der Waals surface area contributed by atoms with Crippen molar-refractivity contribution >= 4 is 21.8 Å².